The lowest BCUT2D eigenvalue weighted by Gasteiger charge is -2.50. The lowest BCUT2D eigenvalue weighted by molar-refractivity contribution is 0.0884. The molecule has 1 aromatic carbocycles. The molecule has 1 amide bonds. The fourth-order valence-electron chi connectivity index (χ4n) is 6.98. The number of benzene rings is 1. The molecule has 3 aliphatic rings. The van der Waals surface area contributed by atoms with Gasteiger partial charge in [0.1, 0.15) is 5.82 Å². The Morgan fingerprint density at radius 3 is 3.00 bits per heavy atom. The normalized spacial score (nSPS) is 26.9. The number of hydrogen-bond donors (Lipinski definition) is 2. The number of aromatic amines is 1. The monoisotopic (exact) mass is 472 g/mol. The highest BCUT2D eigenvalue weighted by Crippen LogP contribution is 2.63. The third kappa shape index (κ3) is 3.85. The van der Waals surface area contributed by atoms with Gasteiger partial charge in [-0.25, -0.2) is 4.39 Å². The van der Waals surface area contributed by atoms with Crippen LogP contribution in [0.25, 0.3) is 5.57 Å². The number of nitrogens with one attached hydrogen (secondary N) is 2. The summed E-state index contributed by atoms with van der Waals surface area (Å²) < 4.78 is 13.9. The fraction of sp³-hybridized carbons (Fsp3) is 0.444. The van der Waals surface area contributed by atoms with E-state index in [2.05, 4.69) is 56.1 Å². The number of nitrogens with zero attached hydrogens (tertiary/aromatic N) is 4. The molecule has 0 radical (unpaired) electrons. The molecule has 4 unspecified atom stereocenters. The minimum absolute atomic E-state index is 0.0622. The van der Waals surface area contributed by atoms with E-state index >= 15 is 0 Å². The molecule has 35 heavy (non-hydrogen) atoms. The zero-order valence-corrected chi connectivity index (χ0v) is 19.8. The van der Waals surface area contributed by atoms with Gasteiger partial charge in [-0.2, -0.15) is 5.21 Å². The highest BCUT2D eigenvalue weighted by molar-refractivity contribution is 5.94. The Morgan fingerprint density at radius 2 is 2.17 bits per heavy atom. The molecule has 2 N–H and O–H groups in total. The molecule has 180 valence electrons. The molecule has 2 heterocycles. The van der Waals surface area contributed by atoms with Gasteiger partial charge in [-0.15, -0.1) is 10.2 Å². The number of hydrogen-bond acceptors (Lipinski definition) is 5. The SMILES string of the molecule is CC12CCC3c4ccc(C(=O)NCCc5nn[nH]n5)cc4CCC3C1CC=C2c1cncc(F)c1. The first-order valence-corrected chi connectivity index (χ1v) is 12.5. The molecule has 0 saturated heterocycles. The van der Waals surface area contributed by atoms with Gasteiger partial charge in [-0.1, -0.05) is 24.3 Å². The van der Waals surface area contributed by atoms with E-state index in [4.69, 9.17) is 0 Å². The first-order chi connectivity index (χ1) is 17.0. The van der Waals surface area contributed by atoms with Crippen molar-refractivity contribution in [2.75, 3.05) is 6.54 Å². The lowest BCUT2D eigenvalue weighted by atomic mass is 9.54. The number of tetrazole rings is 1. The van der Waals surface area contributed by atoms with Crippen molar-refractivity contribution < 1.29 is 9.18 Å². The molecule has 8 heteroatoms. The van der Waals surface area contributed by atoms with Gasteiger partial charge in [0, 0.05) is 24.7 Å². The lowest BCUT2D eigenvalue weighted by Crippen LogP contribution is -2.41. The van der Waals surface area contributed by atoms with E-state index in [0.717, 1.165) is 37.7 Å². The van der Waals surface area contributed by atoms with Crippen LogP contribution in [-0.2, 0) is 12.8 Å². The molecule has 3 aromatic rings. The topological polar surface area (TPSA) is 96.5 Å². The minimum Gasteiger partial charge on any atom is -0.352 e. The van der Waals surface area contributed by atoms with Crippen molar-refractivity contribution in [3.63, 3.8) is 0 Å². The van der Waals surface area contributed by atoms with Gasteiger partial charge in [-0.05, 0) is 95.7 Å². The summed E-state index contributed by atoms with van der Waals surface area (Å²) in [5, 5.41) is 16.7. The predicted octanol–water partition coefficient (Wildman–Crippen LogP) is 4.26. The Kier molecular flexibility index (Phi) is 5.46. The van der Waals surface area contributed by atoms with Crippen molar-refractivity contribution in [2.24, 2.45) is 17.3 Å². The highest BCUT2D eigenvalue weighted by Gasteiger charge is 2.52. The van der Waals surface area contributed by atoms with Gasteiger partial charge in [0.05, 0.1) is 6.20 Å². The van der Waals surface area contributed by atoms with Gasteiger partial charge in [-0.3, -0.25) is 9.78 Å². The van der Waals surface area contributed by atoms with E-state index in [-0.39, 0.29) is 17.1 Å². The molecular weight excluding hydrogens is 443 g/mol. The van der Waals surface area contributed by atoms with Crippen LogP contribution in [-0.4, -0.2) is 38.1 Å². The second-order valence-corrected chi connectivity index (χ2v) is 10.4. The Labute approximate surface area is 203 Å². The standard InChI is InChI=1S/C27H29FN6O/c1-27-10-8-21-20-4-3-17(26(35)30-11-9-25-31-33-34-32-25)12-16(20)2-5-22(21)24(27)7-6-23(27)18-13-19(28)15-29-14-18/h3-4,6,12-15,21-22,24H,2,5,7-11H2,1H3,(H,30,35)(H,31,32,33,34). The van der Waals surface area contributed by atoms with Crippen LogP contribution in [0.1, 0.15) is 71.4 Å². The molecule has 4 atom stereocenters. The number of fused-ring (bicyclic) bond motifs is 5. The number of allylic oxidation sites excluding steroid dienone is 2. The zero-order valence-electron chi connectivity index (χ0n) is 19.8. The Balaban J connectivity index is 1.17. The van der Waals surface area contributed by atoms with Gasteiger partial charge in [0.25, 0.3) is 5.91 Å². The van der Waals surface area contributed by atoms with Crippen molar-refractivity contribution in [2.45, 2.75) is 51.4 Å². The molecule has 7 nitrogen and oxygen atoms in total. The van der Waals surface area contributed by atoms with Crippen molar-refractivity contribution in [1.29, 1.82) is 0 Å². The molecule has 0 bridgehead atoms. The summed E-state index contributed by atoms with van der Waals surface area (Å²) in [4.78, 5) is 16.8. The third-order valence-electron chi connectivity index (χ3n) is 8.61. The number of H-pyrrole nitrogens is 1. The average molecular weight is 473 g/mol. The van der Waals surface area contributed by atoms with Crippen LogP contribution in [0.5, 0.6) is 0 Å². The summed E-state index contributed by atoms with van der Waals surface area (Å²) >= 11 is 0. The quantitative estimate of drug-likeness (QED) is 0.579. The largest absolute Gasteiger partial charge is 0.352 e. The Morgan fingerprint density at radius 1 is 1.26 bits per heavy atom. The van der Waals surface area contributed by atoms with Crippen molar-refractivity contribution in [1.82, 2.24) is 30.9 Å². The number of halogens is 1. The average Bonchev–Trinajstić information content (AvgIpc) is 3.50. The van der Waals surface area contributed by atoms with Crippen LogP contribution in [0.15, 0.2) is 42.7 Å². The number of aromatic nitrogens is 5. The summed E-state index contributed by atoms with van der Waals surface area (Å²) in [5.41, 5.74) is 5.69. The highest BCUT2D eigenvalue weighted by atomic mass is 19.1. The summed E-state index contributed by atoms with van der Waals surface area (Å²) in [6, 6.07) is 7.86. The molecule has 1 fully saturated rings. The van der Waals surface area contributed by atoms with Crippen LogP contribution in [0, 0.1) is 23.1 Å². The molecule has 6 rings (SSSR count). The maximum absolute atomic E-state index is 13.9. The Bertz CT molecular complexity index is 1290. The fourth-order valence-corrected chi connectivity index (χ4v) is 6.98. The second kappa shape index (κ2) is 8.66. The Hall–Kier alpha value is -3.42. The predicted molar refractivity (Wildman–Crippen MR) is 129 cm³/mol. The third-order valence-corrected chi connectivity index (χ3v) is 8.61. The second-order valence-electron chi connectivity index (χ2n) is 10.4. The number of aryl methyl sites for hydroxylation is 1. The van der Waals surface area contributed by atoms with E-state index in [1.165, 1.54) is 22.9 Å². The van der Waals surface area contributed by atoms with E-state index in [1.807, 2.05) is 6.07 Å². The molecule has 1 saturated carbocycles. The number of pyridine rings is 1. The van der Waals surface area contributed by atoms with Crippen molar-refractivity contribution in [3.8, 4) is 0 Å². The van der Waals surface area contributed by atoms with E-state index in [1.54, 1.807) is 12.3 Å². The van der Waals surface area contributed by atoms with Crippen LogP contribution >= 0.6 is 0 Å². The molecular formula is C27H29FN6O. The molecule has 3 aliphatic carbocycles. The minimum atomic E-state index is -0.273. The van der Waals surface area contributed by atoms with Crippen LogP contribution in [0.4, 0.5) is 4.39 Å². The maximum atomic E-state index is 13.9. The first-order valence-electron chi connectivity index (χ1n) is 12.5. The van der Waals surface area contributed by atoms with Gasteiger partial charge >= 0.3 is 0 Å². The van der Waals surface area contributed by atoms with Crippen molar-refractivity contribution >= 4 is 11.5 Å². The molecule has 2 aromatic heterocycles. The summed E-state index contributed by atoms with van der Waals surface area (Å²) in [6.07, 6.45) is 11.3. The summed E-state index contributed by atoms with van der Waals surface area (Å²) in [6.45, 7) is 2.84. The zero-order chi connectivity index (χ0) is 24.0. The van der Waals surface area contributed by atoms with E-state index in [0.29, 0.717) is 42.1 Å². The maximum Gasteiger partial charge on any atom is 0.251 e. The van der Waals surface area contributed by atoms with Crippen LogP contribution in [0.3, 0.4) is 0 Å². The van der Waals surface area contributed by atoms with Crippen molar-refractivity contribution in [3.05, 3.63) is 76.6 Å². The van der Waals surface area contributed by atoms with E-state index in [9.17, 15) is 9.18 Å². The molecule has 0 aliphatic heterocycles. The summed E-state index contributed by atoms with van der Waals surface area (Å²) in [5.74, 6) is 1.93. The van der Waals surface area contributed by atoms with Gasteiger partial charge < -0.3 is 5.32 Å². The number of rotatable bonds is 5. The van der Waals surface area contributed by atoms with Crippen LogP contribution in [0.2, 0.25) is 0 Å². The number of carbonyl (C=O) groups is 1. The van der Waals surface area contributed by atoms with Gasteiger partial charge in [0.15, 0.2) is 5.82 Å². The molecule has 0 spiro atoms. The number of amides is 1. The number of carbonyl (C=O) groups excluding carboxylic acids is 1. The first kappa shape index (κ1) is 22.1. The van der Waals surface area contributed by atoms with Gasteiger partial charge in [0.2, 0.25) is 0 Å². The summed E-state index contributed by atoms with van der Waals surface area (Å²) in [7, 11) is 0. The smallest absolute Gasteiger partial charge is 0.251 e. The van der Waals surface area contributed by atoms with Crippen LogP contribution < -0.4 is 5.32 Å². The van der Waals surface area contributed by atoms with E-state index < -0.39 is 0 Å².